The summed E-state index contributed by atoms with van der Waals surface area (Å²) in [4.78, 5) is 15.3. The number of ether oxygens (including phenoxy) is 1. The van der Waals surface area contributed by atoms with Gasteiger partial charge in [-0.2, -0.15) is 4.31 Å². The number of rotatable bonds is 7. The molecule has 0 N–H and O–H groups in total. The van der Waals surface area contributed by atoms with Crippen LogP contribution < -0.4 is 4.74 Å². The fourth-order valence-electron chi connectivity index (χ4n) is 4.13. The summed E-state index contributed by atoms with van der Waals surface area (Å²) < 4.78 is 32.7. The van der Waals surface area contributed by atoms with Gasteiger partial charge in [-0.15, -0.1) is 0 Å². The lowest BCUT2D eigenvalue weighted by molar-refractivity contribution is 0.0730. The number of sulfonamides is 1. The Morgan fingerprint density at radius 3 is 2.32 bits per heavy atom. The number of amides is 1. The molecule has 1 saturated carbocycles. The van der Waals surface area contributed by atoms with E-state index in [0.717, 1.165) is 37.0 Å². The number of methoxy groups -OCH3 is 1. The van der Waals surface area contributed by atoms with E-state index in [1.54, 1.807) is 35.7 Å². The summed E-state index contributed by atoms with van der Waals surface area (Å²) in [6.45, 7) is 3.73. The predicted molar refractivity (Wildman–Crippen MR) is 119 cm³/mol. The molecule has 1 amide bonds. The van der Waals surface area contributed by atoms with Gasteiger partial charge in [-0.05, 0) is 73.6 Å². The molecule has 0 spiro atoms. The Hall–Kier alpha value is -2.38. The number of piperidine rings is 1. The molecule has 2 aromatic carbocycles. The first kappa shape index (κ1) is 21.8. The Morgan fingerprint density at radius 2 is 1.74 bits per heavy atom. The van der Waals surface area contributed by atoms with Crippen molar-refractivity contribution in [3.8, 4) is 5.75 Å². The SMILES string of the molecule is COc1ccc(CN(C(=O)c2ccc(S(=O)(=O)N3CCC[C@@H](C)C3)cc2)C2CC2)cc1. The molecule has 1 atom stereocenters. The van der Waals surface area contributed by atoms with Gasteiger partial charge in [-0.25, -0.2) is 8.42 Å². The van der Waals surface area contributed by atoms with Gasteiger partial charge in [0.1, 0.15) is 5.75 Å². The Kier molecular flexibility index (Phi) is 6.34. The van der Waals surface area contributed by atoms with Gasteiger partial charge in [-0.3, -0.25) is 4.79 Å². The molecule has 166 valence electrons. The molecule has 2 aliphatic rings. The zero-order valence-electron chi connectivity index (χ0n) is 18.2. The van der Waals surface area contributed by atoms with E-state index in [1.807, 2.05) is 29.2 Å². The summed E-state index contributed by atoms with van der Waals surface area (Å²) in [5.41, 5.74) is 1.56. The van der Waals surface area contributed by atoms with E-state index in [-0.39, 0.29) is 16.8 Å². The Bertz CT molecular complexity index is 1010. The summed E-state index contributed by atoms with van der Waals surface area (Å²) >= 11 is 0. The van der Waals surface area contributed by atoms with Crippen LogP contribution in [0.3, 0.4) is 0 Å². The fraction of sp³-hybridized carbons (Fsp3) is 0.458. The third kappa shape index (κ3) is 4.93. The van der Waals surface area contributed by atoms with Gasteiger partial charge in [0.25, 0.3) is 5.91 Å². The van der Waals surface area contributed by atoms with E-state index in [1.165, 1.54) is 0 Å². The Labute approximate surface area is 184 Å². The maximum atomic E-state index is 13.2. The van der Waals surface area contributed by atoms with Crippen molar-refractivity contribution in [2.24, 2.45) is 5.92 Å². The highest BCUT2D eigenvalue weighted by Crippen LogP contribution is 2.31. The molecule has 0 radical (unpaired) electrons. The van der Waals surface area contributed by atoms with Crippen LogP contribution in [-0.4, -0.2) is 49.8 Å². The molecule has 0 unspecified atom stereocenters. The lowest BCUT2D eigenvalue weighted by atomic mass is 10.0. The van der Waals surface area contributed by atoms with E-state index < -0.39 is 10.0 Å². The molecule has 6 nitrogen and oxygen atoms in total. The third-order valence-corrected chi connectivity index (χ3v) is 8.00. The summed E-state index contributed by atoms with van der Waals surface area (Å²) in [6.07, 6.45) is 3.95. The zero-order valence-corrected chi connectivity index (χ0v) is 19.0. The van der Waals surface area contributed by atoms with Gasteiger partial charge in [0, 0.05) is 31.2 Å². The summed E-state index contributed by atoms with van der Waals surface area (Å²) in [7, 11) is -1.89. The third-order valence-electron chi connectivity index (χ3n) is 6.12. The van der Waals surface area contributed by atoms with Crippen molar-refractivity contribution in [2.45, 2.75) is 50.1 Å². The maximum Gasteiger partial charge on any atom is 0.254 e. The number of hydrogen-bond donors (Lipinski definition) is 0. The van der Waals surface area contributed by atoms with Crippen molar-refractivity contribution in [3.05, 3.63) is 59.7 Å². The molecule has 1 saturated heterocycles. The topological polar surface area (TPSA) is 66.9 Å². The number of nitrogens with zero attached hydrogens (tertiary/aromatic N) is 2. The second-order valence-electron chi connectivity index (χ2n) is 8.65. The van der Waals surface area contributed by atoms with Crippen LogP contribution in [0.2, 0.25) is 0 Å². The second-order valence-corrected chi connectivity index (χ2v) is 10.6. The van der Waals surface area contributed by atoms with Crippen LogP contribution in [-0.2, 0) is 16.6 Å². The summed E-state index contributed by atoms with van der Waals surface area (Å²) in [5, 5.41) is 0. The van der Waals surface area contributed by atoms with E-state index in [2.05, 4.69) is 6.92 Å². The fourth-order valence-corrected chi connectivity index (χ4v) is 5.73. The normalized spacial score (nSPS) is 19.7. The molecule has 1 aliphatic carbocycles. The van der Waals surface area contributed by atoms with Gasteiger partial charge in [-0.1, -0.05) is 19.1 Å². The van der Waals surface area contributed by atoms with Crippen LogP contribution in [0.15, 0.2) is 53.4 Å². The first-order valence-electron chi connectivity index (χ1n) is 10.9. The second kappa shape index (κ2) is 9.01. The van der Waals surface area contributed by atoms with Crippen molar-refractivity contribution >= 4 is 15.9 Å². The van der Waals surface area contributed by atoms with Crippen LogP contribution in [0.5, 0.6) is 5.75 Å². The van der Waals surface area contributed by atoms with Crippen LogP contribution in [0.4, 0.5) is 0 Å². The molecule has 7 heteroatoms. The van der Waals surface area contributed by atoms with Crippen molar-refractivity contribution in [2.75, 3.05) is 20.2 Å². The monoisotopic (exact) mass is 442 g/mol. The molecular weight excluding hydrogens is 412 g/mol. The maximum absolute atomic E-state index is 13.2. The lowest BCUT2D eigenvalue weighted by Gasteiger charge is -2.30. The van der Waals surface area contributed by atoms with Gasteiger partial charge < -0.3 is 9.64 Å². The first-order valence-corrected chi connectivity index (χ1v) is 12.4. The van der Waals surface area contributed by atoms with Gasteiger partial charge in [0.05, 0.1) is 12.0 Å². The number of hydrogen-bond acceptors (Lipinski definition) is 4. The van der Waals surface area contributed by atoms with Crippen LogP contribution in [0, 0.1) is 5.92 Å². The molecule has 0 bridgehead atoms. The molecule has 2 fully saturated rings. The minimum absolute atomic E-state index is 0.0612. The average molecular weight is 443 g/mol. The zero-order chi connectivity index (χ0) is 22.0. The van der Waals surface area contributed by atoms with Crippen molar-refractivity contribution in [3.63, 3.8) is 0 Å². The standard InChI is InChI=1S/C24H30N2O4S/c1-18-4-3-15-25(16-18)31(28,29)23-13-7-20(8-14-23)24(27)26(21-9-10-21)17-19-5-11-22(30-2)12-6-19/h5-8,11-14,18,21H,3-4,9-10,15-17H2,1-2H3/t18-/m1/s1. The Balaban J connectivity index is 1.49. The lowest BCUT2D eigenvalue weighted by Crippen LogP contribution is -2.39. The molecule has 1 aliphatic heterocycles. The van der Waals surface area contributed by atoms with Crippen molar-refractivity contribution in [1.82, 2.24) is 9.21 Å². The quantitative estimate of drug-likeness (QED) is 0.652. The molecule has 4 rings (SSSR count). The van der Waals surface area contributed by atoms with Crippen molar-refractivity contribution in [1.29, 1.82) is 0 Å². The van der Waals surface area contributed by atoms with Crippen LogP contribution in [0.25, 0.3) is 0 Å². The molecule has 2 aromatic rings. The summed E-state index contributed by atoms with van der Waals surface area (Å²) in [5.74, 6) is 1.09. The molecular formula is C24H30N2O4S. The molecule has 1 heterocycles. The number of carbonyl (C=O) groups excluding carboxylic acids is 1. The van der Waals surface area contributed by atoms with E-state index in [4.69, 9.17) is 4.74 Å². The largest absolute Gasteiger partial charge is 0.497 e. The highest BCUT2D eigenvalue weighted by atomic mass is 32.2. The molecule has 0 aromatic heterocycles. The highest BCUT2D eigenvalue weighted by molar-refractivity contribution is 7.89. The van der Waals surface area contributed by atoms with E-state index >= 15 is 0 Å². The highest BCUT2D eigenvalue weighted by Gasteiger charge is 2.33. The minimum Gasteiger partial charge on any atom is -0.497 e. The summed E-state index contributed by atoms with van der Waals surface area (Å²) in [6, 6.07) is 14.4. The average Bonchev–Trinajstić information content (AvgIpc) is 3.63. The van der Waals surface area contributed by atoms with Crippen LogP contribution in [0.1, 0.15) is 48.5 Å². The number of benzene rings is 2. The van der Waals surface area contributed by atoms with Crippen LogP contribution >= 0.6 is 0 Å². The Morgan fingerprint density at radius 1 is 1.06 bits per heavy atom. The smallest absolute Gasteiger partial charge is 0.254 e. The van der Waals surface area contributed by atoms with Crippen molar-refractivity contribution < 1.29 is 17.9 Å². The molecule has 31 heavy (non-hydrogen) atoms. The number of carbonyl (C=O) groups is 1. The van der Waals surface area contributed by atoms with E-state index in [0.29, 0.717) is 31.1 Å². The van der Waals surface area contributed by atoms with E-state index in [9.17, 15) is 13.2 Å². The van der Waals surface area contributed by atoms with Gasteiger partial charge in [0.15, 0.2) is 0 Å². The first-order chi connectivity index (χ1) is 14.9. The predicted octanol–water partition coefficient (Wildman–Crippen LogP) is 3.92. The minimum atomic E-state index is -3.52. The van der Waals surface area contributed by atoms with Gasteiger partial charge >= 0.3 is 0 Å². The van der Waals surface area contributed by atoms with Gasteiger partial charge in [0.2, 0.25) is 10.0 Å².